The molecule has 0 radical (unpaired) electrons. The SMILES string of the molecule is CCCCCCCCc1cnc(-c2ccc(OCCCCCCOc3ccccc3OCCCCCCOc3ccc(-c4ccc(OCCCCCCOc5ccccc5OCCCCCCOc5ccc(-c6ccc(C#N)cc6)cc5)cc4)cc3)cc2)nc1. The fourth-order valence-electron chi connectivity index (χ4n) is 10.5. The van der Waals surface area contributed by atoms with E-state index >= 15 is 0 Å². The van der Waals surface area contributed by atoms with Crippen molar-refractivity contribution in [2.75, 3.05) is 52.9 Å². The highest BCUT2D eigenvalue weighted by Gasteiger charge is 2.09. The van der Waals surface area contributed by atoms with E-state index in [0.717, 1.165) is 189 Å². The number of ether oxygens (including phenoxy) is 8. The lowest BCUT2D eigenvalue weighted by molar-refractivity contribution is 0.254. The molecule has 8 aromatic rings. The third-order valence-corrected chi connectivity index (χ3v) is 15.8. The van der Waals surface area contributed by atoms with Gasteiger partial charge < -0.3 is 37.9 Å². The molecule has 474 valence electrons. The maximum absolute atomic E-state index is 9.04. The minimum Gasteiger partial charge on any atom is -0.494 e. The van der Waals surface area contributed by atoms with Gasteiger partial charge in [-0.15, -0.1) is 0 Å². The van der Waals surface area contributed by atoms with Crippen LogP contribution in [0.3, 0.4) is 0 Å². The molecule has 0 spiro atoms. The number of aromatic nitrogens is 2. The van der Waals surface area contributed by atoms with Gasteiger partial charge in [-0.05, 0) is 240 Å². The summed E-state index contributed by atoms with van der Waals surface area (Å²) in [6, 6.07) is 58.7. The topological polar surface area (TPSA) is 123 Å². The Bertz CT molecular complexity index is 3220. The Hall–Kier alpha value is -8.49. The lowest BCUT2D eigenvalue weighted by Gasteiger charge is -2.13. The van der Waals surface area contributed by atoms with E-state index in [4.69, 9.17) is 43.2 Å². The Morgan fingerprint density at radius 2 is 0.556 bits per heavy atom. The second kappa shape index (κ2) is 40.9. The van der Waals surface area contributed by atoms with Crippen LogP contribution >= 0.6 is 0 Å². The zero-order valence-corrected chi connectivity index (χ0v) is 53.3. The van der Waals surface area contributed by atoms with Gasteiger partial charge in [0.05, 0.1) is 64.5 Å². The maximum atomic E-state index is 9.04. The summed E-state index contributed by atoms with van der Waals surface area (Å²) in [5.74, 6) is 7.51. The molecule has 0 saturated carbocycles. The van der Waals surface area contributed by atoms with Gasteiger partial charge >= 0.3 is 0 Å². The molecule has 0 aliphatic heterocycles. The molecule has 11 nitrogen and oxygen atoms in total. The number of nitrogens with zero attached hydrogens (tertiary/aromatic N) is 3. The van der Waals surface area contributed by atoms with E-state index in [1.807, 2.05) is 122 Å². The Labute approximate surface area is 537 Å². The second-order valence-electron chi connectivity index (χ2n) is 23.1. The highest BCUT2D eigenvalue weighted by atomic mass is 16.5. The van der Waals surface area contributed by atoms with E-state index in [1.54, 1.807) is 0 Å². The largest absolute Gasteiger partial charge is 0.494 e. The van der Waals surface area contributed by atoms with Gasteiger partial charge in [-0.25, -0.2) is 9.97 Å². The third-order valence-electron chi connectivity index (χ3n) is 15.8. The quantitative estimate of drug-likeness (QED) is 0.0339. The molecule has 11 heteroatoms. The zero-order valence-electron chi connectivity index (χ0n) is 53.3. The van der Waals surface area contributed by atoms with Crippen LogP contribution in [0.25, 0.3) is 33.6 Å². The first-order chi connectivity index (χ1) is 44.6. The summed E-state index contributed by atoms with van der Waals surface area (Å²) in [5, 5.41) is 9.04. The van der Waals surface area contributed by atoms with E-state index in [0.29, 0.717) is 58.4 Å². The Morgan fingerprint density at radius 3 is 0.867 bits per heavy atom. The lowest BCUT2D eigenvalue weighted by atomic mass is 10.0. The van der Waals surface area contributed by atoms with Crippen molar-refractivity contribution < 1.29 is 37.9 Å². The summed E-state index contributed by atoms with van der Waals surface area (Å²) in [7, 11) is 0. The number of aryl methyl sites for hydroxylation is 1. The van der Waals surface area contributed by atoms with E-state index in [-0.39, 0.29) is 0 Å². The van der Waals surface area contributed by atoms with Gasteiger partial charge in [-0.2, -0.15) is 5.26 Å². The Morgan fingerprint density at radius 1 is 0.289 bits per heavy atom. The zero-order chi connectivity index (χ0) is 62.1. The van der Waals surface area contributed by atoms with Crippen LogP contribution in [0.5, 0.6) is 46.0 Å². The van der Waals surface area contributed by atoms with Crippen LogP contribution in [0.15, 0.2) is 182 Å². The van der Waals surface area contributed by atoms with Crippen LogP contribution in [0.4, 0.5) is 0 Å². The van der Waals surface area contributed by atoms with Crippen molar-refractivity contribution in [1.82, 2.24) is 9.97 Å². The van der Waals surface area contributed by atoms with Crippen molar-refractivity contribution in [1.29, 1.82) is 5.26 Å². The minimum atomic E-state index is 0.658. The first-order valence-electron chi connectivity index (χ1n) is 33.5. The minimum absolute atomic E-state index is 0.658. The van der Waals surface area contributed by atoms with Crippen molar-refractivity contribution in [3.8, 4) is 85.7 Å². The molecule has 0 aliphatic carbocycles. The van der Waals surface area contributed by atoms with E-state index in [9.17, 15) is 0 Å². The Balaban J connectivity index is 0.581. The average molecular weight is 1210 g/mol. The van der Waals surface area contributed by atoms with Crippen LogP contribution in [-0.4, -0.2) is 62.8 Å². The number of hydrogen-bond acceptors (Lipinski definition) is 11. The molecule has 7 aromatic carbocycles. The lowest BCUT2D eigenvalue weighted by Crippen LogP contribution is -2.03. The number of nitriles is 1. The van der Waals surface area contributed by atoms with Crippen LogP contribution in [0, 0.1) is 11.3 Å². The Kier molecular flexibility index (Phi) is 30.7. The number of para-hydroxylation sites is 4. The molecule has 0 unspecified atom stereocenters. The molecule has 0 atom stereocenters. The number of hydrogen-bond donors (Lipinski definition) is 0. The number of rotatable bonds is 46. The summed E-state index contributed by atoms with van der Waals surface area (Å²) >= 11 is 0. The number of benzene rings is 7. The monoisotopic (exact) mass is 1210 g/mol. The highest BCUT2D eigenvalue weighted by molar-refractivity contribution is 5.66. The van der Waals surface area contributed by atoms with Crippen LogP contribution in [0.1, 0.15) is 159 Å². The normalized spacial score (nSPS) is 11.0. The van der Waals surface area contributed by atoms with Crippen molar-refractivity contribution in [2.45, 2.75) is 155 Å². The molecule has 0 saturated heterocycles. The molecule has 0 amide bonds. The van der Waals surface area contributed by atoms with Crippen molar-refractivity contribution >= 4 is 0 Å². The van der Waals surface area contributed by atoms with Gasteiger partial charge in [0, 0.05) is 18.0 Å². The van der Waals surface area contributed by atoms with E-state index < -0.39 is 0 Å². The smallest absolute Gasteiger partial charge is 0.161 e. The van der Waals surface area contributed by atoms with Crippen LogP contribution < -0.4 is 37.9 Å². The fraction of sp³-hybridized carbons (Fsp3) is 0.405. The standard InChI is InChI=1S/C79H95N3O8/c1-2-3-4-5-6-15-28-65-62-81-79(82-63-65)70-43-51-74(52-44-70)86-56-23-10-14-27-60-90-78-32-19-18-31-77(78)89-59-26-13-9-22-55-85-73-49-41-69(42-50-73)68-39-47-72(48-40-68)84-54-21-8-12-25-58-88-76-30-17-16-29-75(76)87-57-24-11-7-20-53-83-71-45-37-67(38-46-71)66-35-33-64(61-80)34-36-66/h16-19,29-52,62-63H,2-15,20-28,53-60H2,1H3. The predicted octanol–water partition coefficient (Wildman–Crippen LogP) is 20.3. The summed E-state index contributed by atoms with van der Waals surface area (Å²) < 4.78 is 48.8. The van der Waals surface area contributed by atoms with E-state index in [2.05, 4.69) is 83.6 Å². The molecular weight excluding hydrogens is 1120 g/mol. The van der Waals surface area contributed by atoms with Gasteiger partial charge in [0.2, 0.25) is 0 Å². The molecule has 0 N–H and O–H groups in total. The molecule has 8 rings (SSSR count). The summed E-state index contributed by atoms with van der Waals surface area (Å²) in [5.41, 5.74) is 7.37. The first kappa shape index (κ1) is 67.4. The second-order valence-corrected chi connectivity index (χ2v) is 23.1. The molecule has 1 aromatic heterocycles. The van der Waals surface area contributed by atoms with Gasteiger partial charge in [-0.1, -0.05) is 112 Å². The molecule has 90 heavy (non-hydrogen) atoms. The molecule has 0 bridgehead atoms. The van der Waals surface area contributed by atoms with Gasteiger partial charge in [-0.3, -0.25) is 0 Å². The first-order valence-corrected chi connectivity index (χ1v) is 33.5. The van der Waals surface area contributed by atoms with Crippen molar-refractivity contribution in [2.24, 2.45) is 0 Å². The third kappa shape index (κ3) is 25.2. The molecule has 0 fully saturated rings. The van der Waals surface area contributed by atoms with E-state index in [1.165, 1.54) is 44.1 Å². The summed E-state index contributed by atoms with van der Waals surface area (Å²) in [6.45, 7) is 7.65. The molecule has 1 heterocycles. The highest BCUT2D eigenvalue weighted by Crippen LogP contribution is 2.30. The van der Waals surface area contributed by atoms with Gasteiger partial charge in [0.1, 0.15) is 23.0 Å². The van der Waals surface area contributed by atoms with Crippen molar-refractivity contribution in [3.05, 3.63) is 193 Å². The summed E-state index contributed by atoms with van der Waals surface area (Å²) in [4.78, 5) is 9.26. The predicted molar refractivity (Wildman–Crippen MR) is 364 cm³/mol. The fourth-order valence-corrected chi connectivity index (χ4v) is 10.5. The van der Waals surface area contributed by atoms with Crippen molar-refractivity contribution in [3.63, 3.8) is 0 Å². The van der Waals surface area contributed by atoms with Crippen LogP contribution in [0.2, 0.25) is 0 Å². The number of unbranched alkanes of at least 4 members (excludes halogenated alkanes) is 17. The van der Waals surface area contributed by atoms with Gasteiger partial charge in [0.15, 0.2) is 28.8 Å². The average Bonchev–Trinajstić information content (AvgIpc) is 3.79. The maximum Gasteiger partial charge on any atom is 0.161 e. The molecular formula is C79H95N3O8. The molecule has 0 aliphatic rings. The summed E-state index contributed by atoms with van der Waals surface area (Å²) in [6.07, 6.45) is 29.3. The van der Waals surface area contributed by atoms with Gasteiger partial charge in [0.25, 0.3) is 0 Å². The van der Waals surface area contributed by atoms with Crippen LogP contribution in [-0.2, 0) is 6.42 Å².